The normalized spacial score (nSPS) is 21.7. The van der Waals surface area contributed by atoms with E-state index in [-0.39, 0.29) is 6.10 Å². The Balaban J connectivity index is 0.000000188. The lowest BCUT2D eigenvalue weighted by Crippen LogP contribution is -2.29. The summed E-state index contributed by atoms with van der Waals surface area (Å²) in [5.74, 6) is -2.85. The van der Waals surface area contributed by atoms with E-state index in [4.69, 9.17) is 20.1 Å². The van der Waals surface area contributed by atoms with Gasteiger partial charge in [0.2, 0.25) is 0 Å². The van der Waals surface area contributed by atoms with Crippen LogP contribution in [0.3, 0.4) is 0 Å². The van der Waals surface area contributed by atoms with Crippen molar-refractivity contribution in [2.45, 2.75) is 36.9 Å². The molecule has 8 heteroatoms. The van der Waals surface area contributed by atoms with Crippen LogP contribution < -0.4 is 5.32 Å². The Bertz CT molecular complexity index is 568. The number of nitrogens with one attached hydrogen (secondary N) is 1. The first-order chi connectivity index (χ1) is 10.9. The summed E-state index contributed by atoms with van der Waals surface area (Å²) >= 11 is 1.92. The molecule has 0 amide bonds. The minimum Gasteiger partial charge on any atom is -0.481 e. The maximum Gasteiger partial charge on any atom is 0.333 e. The number of aliphatic carboxylic acids is 2. The first-order valence-corrected chi connectivity index (χ1v) is 8.24. The van der Waals surface area contributed by atoms with Gasteiger partial charge < -0.3 is 25.4 Å². The highest BCUT2D eigenvalue weighted by Crippen LogP contribution is 2.55. The van der Waals surface area contributed by atoms with Gasteiger partial charge in [-0.3, -0.25) is 4.79 Å². The van der Waals surface area contributed by atoms with Gasteiger partial charge in [0.1, 0.15) is 0 Å². The molecule has 1 saturated carbocycles. The number of aliphatic hydroxyl groups is 1. The van der Waals surface area contributed by atoms with Crippen molar-refractivity contribution in [3.8, 4) is 0 Å². The molecule has 1 aromatic heterocycles. The summed E-state index contributed by atoms with van der Waals surface area (Å²) in [4.78, 5) is 21.0. The van der Waals surface area contributed by atoms with Crippen molar-refractivity contribution in [3.05, 3.63) is 21.9 Å². The van der Waals surface area contributed by atoms with Crippen LogP contribution in [0.4, 0.5) is 0 Å². The first kappa shape index (κ1) is 17.9. The number of aliphatic hydroxyl groups excluding tert-OH is 1. The fourth-order valence-electron chi connectivity index (χ4n) is 2.55. The van der Waals surface area contributed by atoms with Gasteiger partial charge in [-0.15, -0.1) is 11.3 Å². The molecule has 0 aromatic carbocycles. The molecule has 1 spiro atoms. The van der Waals surface area contributed by atoms with Crippen LogP contribution in [0.1, 0.15) is 35.8 Å². The predicted molar refractivity (Wildman–Crippen MR) is 83.7 cm³/mol. The van der Waals surface area contributed by atoms with Crippen LogP contribution in [0.25, 0.3) is 0 Å². The lowest BCUT2D eigenvalue weighted by Gasteiger charge is -2.29. The molecule has 0 bridgehead atoms. The molecule has 4 N–H and O–H groups in total. The third-order valence-electron chi connectivity index (χ3n) is 3.98. The minimum absolute atomic E-state index is 0.285. The highest BCUT2D eigenvalue weighted by atomic mass is 32.1. The van der Waals surface area contributed by atoms with E-state index < -0.39 is 24.5 Å². The van der Waals surface area contributed by atoms with Crippen LogP contribution in [0.5, 0.6) is 0 Å². The van der Waals surface area contributed by atoms with Gasteiger partial charge in [0.05, 0.1) is 19.1 Å². The van der Waals surface area contributed by atoms with Gasteiger partial charge in [-0.25, -0.2) is 4.79 Å². The molecule has 2 atom stereocenters. The summed E-state index contributed by atoms with van der Waals surface area (Å²) in [7, 11) is 1.98. The van der Waals surface area contributed by atoms with Gasteiger partial charge in [0, 0.05) is 16.8 Å². The van der Waals surface area contributed by atoms with Crippen molar-refractivity contribution < 1.29 is 29.6 Å². The molecule has 128 valence electrons. The third-order valence-corrected chi connectivity index (χ3v) is 5.16. The van der Waals surface area contributed by atoms with Crippen molar-refractivity contribution in [2.75, 3.05) is 20.2 Å². The van der Waals surface area contributed by atoms with Crippen LogP contribution in [-0.2, 0) is 19.7 Å². The molecule has 0 unspecified atom stereocenters. The van der Waals surface area contributed by atoms with Crippen molar-refractivity contribution in [1.29, 1.82) is 0 Å². The zero-order valence-corrected chi connectivity index (χ0v) is 13.6. The quantitative estimate of drug-likeness (QED) is 0.630. The van der Waals surface area contributed by atoms with Crippen molar-refractivity contribution in [2.24, 2.45) is 0 Å². The van der Waals surface area contributed by atoms with Crippen LogP contribution in [-0.4, -0.2) is 53.6 Å². The molecule has 1 aromatic rings. The highest BCUT2D eigenvalue weighted by molar-refractivity contribution is 7.10. The summed E-state index contributed by atoms with van der Waals surface area (Å²) in [6.07, 6.45) is 0.393. The largest absolute Gasteiger partial charge is 0.481 e. The molecule has 1 fully saturated rings. The molecule has 2 aliphatic rings. The second-order valence-electron chi connectivity index (χ2n) is 5.79. The molecule has 23 heavy (non-hydrogen) atoms. The average Bonchev–Trinajstić information content (AvgIpc) is 3.07. The molecule has 0 saturated heterocycles. The fourth-order valence-corrected chi connectivity index (χ4v) is 3.75. The number of likely N-dealkylation sites (N-methyl/N-ethyl adjacent to an activating group) is 1. The van der Waals surface area contributed by atoms with Crippen LogP contribution in [0, 0.1) is 0 Å². The second-order valence-corrected chi connectivity index (χ2v) is 6.71. The topological polar surface area (TPSA) is 116 Å². The molecular formula is C15H21NO6S. The standard InChI is InChI=1S/C11H15NOS.C4H6O5/c1-12-6-9-8-2-5-14-10(8)11(3-4-11)7-13-9;5-2(4(8)9)1-3(6)7/h2,5,9,12H,3-4,6-7H2,1H3;2,5H,1H2,(H,6,7)(H,8,9)/t9-;2-/m00/s1. The van der Waals surface area contributed by atoms with Crippen LogP contribution in [0.2, 0.25) is 0 Å². The number of carbonyl (C=O) groups is 2. The van der Waals surface area contributed by atoms with E-state index >= 15 is 0 Å². The fraction of sp³-hybridized carbons (Fsp3) is 0.600. The van der Waals surface area contributed by atoms with E-state index in [1.54, 1.807) is 4.88 Å². The van der Waals surface area contributed by atoms with Gasteiger partial charge in [-0.05, 0) is 36.9 Å². The summed E-state index contributed by atoms with van der Waals surface area (Å²) < 4.78 is 5.93. The number of ether oxygens (including phenoxy) is 1. The Morgan fingerprint density at radius 1 is 1.48 bits per heavy atom. The molecule has 7 nitrogen and oxygen atoms in total. The molecule has 1 aliphatic heterocycles. The van der Waals surface area contributed by atoms with Gasteiger partial charge in [-0.1, -0.05) is 0 Å². The number of hydrogen-bond acceptors (Lipinski definition) is 6. The third kappa shape index (κ3) is 4.29. The van der Waals surface area contributed by atoms with E-state index in [0.717, 1.165) is 13.2 Å². The van der Waals surface area contributed by atoms with Crippen LogP contribution in [0.15, 0.2) is 11.4 Å². The van der Waals surface area contributed by atoms with Crippen molar-refractivity contribution in [1.82, 2.24) is 5.32 Å². The Morgan fingerprint density at radius 3 is 2.65 bits per heavy atom. The number of hydrogen-bond donors (Lipinski definition) is 4. The van der Waals surface area contributed by atoms with E-state index in [2.05, 4.69) is 16.8 Å². The zero-order chi connectivity index (χ0) is 17.0. The van der Waals surface area contributed by atoms with Crippen molar-refractivity contribution in [3.63, 3.8) is 0 Å². The Kier molecular flexibility index (Phi) is 5.74. The van der Waals surface area contributed by atoms with Gasteiger partial charge >= 0.3 is 11.9 Å². The molecular weight excluding hydrogens is 322 g/mol. The highest BCUT2D eigenvalue weighted by Gasteiger charge is 2.50. The summed E-state index contributed by atoms with van der Waals surface area (Å²) in [5.41, 5.74) is 1.88. The van der Waals surface area contributed by atoms with E-state index in [1.165, 1.54) is 18.4 Å². The SMILES string of the molecule is CNC[C@@H]1OCC2(CC2)c2sccc21.O=C(O)C[C@H](O)C(=O)O. The minimum atomic E-state index is -1.79. The van der Waals surface area contributed by atoms with Crippen LogP contribution >= 0.6 is 11.3 Å². The van der Waals surface area contributed by atoms with Gasteiger partial charge in [0.15, 0.2) is 6.10 Å². The zero-order valence-electron chi connectivity index (χ0n) is 12.8. The number of thiophene rings is 1. The lowest BCUT2D eigenvalue weighted by atomic mass is 9.96. The maximum atomic E-state index is 9.72. The first-order valence-electron chi connectivity index (χ1n) is 7.36. The maximum absolute atomic E-state index is 9.72. The summed E-state index contributed by atoms with van der Waals surface area (Å²) in [6.45, 7) is 1.87. The number of fused-ring (bicyclic) bond motifs is 2. The summed E-state index contributed by atoms with van der Waals surface area (Å²) in [5, 5.41) is 29.5. The Hall–Kier alpha value is -1.48. The Labute approximate surface area is 137 Å². The smallest absolute Gasteiger partial charge is 0.333 e. The second kappa shape index (κ2) is 7.39. The Morgan fingerprint density at radius 2 is 2.17 bits per heavy atom. The number of rotatable bonds is 5. The molecule has 2 heterocycles. The molecule has 0 radical (unpaired) electrons. The van der Waals surface area contributed by atoms with E-state index in [0.29, 0.717) is 5.41 Å². The predicted octanol–water partition coefficient (Wildman–Crippen LogP) is 0.977. The molecule has 3 rings (SSSR count). The summed E-state index contributed by atoms with van der Waals surface area (Å²) in [6, 6.07) is 2.24. The van der Waals surface area contributed by atoms with E-state index in [1.807, 2.05) is 18.4 Å². The van der Waals surface area contributed by atoms with Crippen molar-refractivity contribution >= 4 is 23.3 Å². The van der Waals surface area contributed by atoms with Gasteiger partial charge in [0.25, 0.3) is 0 Å². The lowest BCUT2D eigenvalue weighted by molar-refractivity contribution is -0.152. The number of carboxylic acids is 2. The van der Waals surface area contributed by atoms with Gasteiger partial charge in [-0.2, -0.15) is 0 Å². The number of carboxylic acid groups (broad SMARTS) is 2. The average molecular weight is 343 g/mol. The molecule has 1 aliphatic carbocycles. The monoisotopic (exact) mass is 343 g/mol. The van der Waals surface area contributed by atoms with E-state index in [9.17, 15) is 9.59 Å².